The number of furan rings is 2. The highest BCUT2D eigenvalue weighted by molar-refractivity contribution is 6.02. The number of carbonyl (C=O) groups is 1. The highest BCUT2D eigenvalue weighted by Gasteiger charge is 2.35. The van der Waals surface area contributed by atoms with Crippen molar-refractivity contribution in [2.24, 2.45) is 5.10 Å². The van der Waals surface area contributed by atoms with E-state index in [4.69, 9.17) is 8.83 Å². The van der Waals surface area contributed by atoms with Crippen LogP contribution in [0.5, 0.6) is 5.75 Å². The van der Waals surface area contributed by atoms with Gasteiger partial charge in [0.1, 0.15) is 17.2 Å². The monoisotopic (exact) mass is 322 g/mol. The van der Waals surface area contributed by atoms with Crippen molar-refractivity contribution < 1.29 is 18.7 Å². The van der Waals surface area contributed by atoms with Gasteiger partial charge in [0, 0.05) is 6.42 Å². The molecule has 6 nitrogen and oxygen atoms in total. The minimum atomic E-state index is -0.338. The summed E-state index contributed by atoms with van der Waals surface area (Å²) in [6.45, 7) is 0. The second-order valence-corrected chi connectivity index (χ2v) is 5.47. The Balaban J connectivity index is 1.73. The Kier molecular flexibility index (Phi) is 3.42. The van der Waals surface area contributed by atoms with Crippen LogP contribution in [0.25, 0.3) is 0 Å². The van der Waals surface area contributed by atoms with E-state index in [1.807, 2.05) is 6.07 Å². The van der Waals surface area contributed by atoms with Gasteiger partial charge in [-0.1, -0.05) is 12.1 Å². The van der Waals surface area contributed by atoms with E-state index >= 15 is 0 Å². The van der Waals surface area contributed by atoms with Gasteiger partial charge in [-0.15, -0.1) is 0 Å². The molecule has 0 saturated carbocycles. The van der Waals surface area contributed by atoms with E-state index in [2.05, 4.69) is 5.10 Å². The molecule has 1 aliphatic heterocycles. The molecule has 1 N–H and O–H groups in total. The molecule has 1 unspecified atom stereocenters. The number of benzene rings is 1. The van der Waals surface area contributed by atoms with E-state index < -0.39 is 0 Å². The van der Waals surface area contributed by atoms with Crippen molar-refractivity contribution in [3.63, 3.8) is 0 Å². The number of hydrogen-bond donors (Lipinski definition) is 1. The second kappa shape index (κ2) is 5.73. The average Bonchev–Trinajstić information content (AvgIpc) is 3.34. The van der Waals surface area contributed by atoms with Crippen LogP contribution in [0.2, 0.25) is 0 Å². The van der Waals surface area contributed by atoms with Crippen molar-refractivity contribution in [1.29, 1.82) is 0 Å². The van der Waals surface area contributed by atoms with Gasteiger partial charge < -0.3 is 13.9 Å². The van der Waals surface area contributed by atoms with Crippen molar-refractivity contribution in [3.05, 3.63) is 78.1 Å². The minimum absolute atomic E-state index is 0.143. The van der Waals surface area contributed by atoms with E-state index in [0.717, 1.165) is 5.56 Å². The Labute approximate surface area is 137 Å². The second-order valence-electron chi connectivity index (χ2n) is 5.47. The number of amides is 1. The molecule has 24 heavy (non-hydrogen) atoms. The summed E-state index contributed by atoms with van der Waals surface area (Å²) in [6.07, 6.45) is 3.51. The van der Waals surface area contributed by atoms with Crippen molar-refractivity contribution in [1.82, 2.24) is 5.01 Å². The molecule has 1 aromatic carbocycles. The molecule has 0 saturated heterocycles. The van der Waals surface area contributed by atoms with Crippen LogP contribution in [-0.4, -0.2) is 21.7 Å². The lowest BCUT2D eigenvalue weighted by Gasteiger charge is -2.21. The molecule has 6 heteroatoms. The van der Waals surface area contributed by atoms with Crippen LogP contribution in [-0.2, 0) is 0 Å². The van der Waals surface area contributed by atoms with Crippen LogP contribution in [0.15, 0.2) is 75.0 Å². The Morgan fingerprint density at radius 2 is 1.96 bits per heavy atom. The third-order valence-corrected chi connectivity index (χ3v) is 3.91. The molecular weight excluding hydrogens is 308 g/mol. The van der Waals surface area contributed by atoms with Crippen LogP contribution in [0.1, 0.15) is 34.3 Å². The molecule has 0 spiro atoms. The maximum atomic E-state index is 12.7. The molecule has 2 aromatic heterocycles. The quantitative estimate of drug-likeness (QED) is 0.799. The van der Waals surface area contributed by atoms with Crippen LogP contribution < -0.4 is 0 Å². The predicted molar refractivity (Wildman–Crippen MR) is 85.6 cm³/mol. The summed E-state index contributed by atoms with van der Waals surface area (Å²) in [5, 5.41) is 15.6. The van der Waals surface area contributed by atoms with Crippen molar-refractivity contribution in [2.75, 3.05) is 0 Å². The molecule has 1 atom stereocenters. The molecule has 0 radical (unpaired) electrons. The van der Waals surface area contributed by atoms with Crippen LogP contribution >= 0.6 is 0 Å². The van der Waals surface area contributed by atoms with Gasteiger partial charge in [0.25, 0.3) is 0 Å². The number of hydrogen-bond acceptors (Lipinski definition) is 5. The highest BCUT2D eigenvalue weighted by atomic mass is 16.3. The molecule has 0 aliphatic carbocycles. The Bertz CT molecular complexity index is 882. The van der Waals surface area contributed by atoms with Crippen molar-refractivity contribution in [3.8, 4) is 5.75 Å². The van der Waals surface area contributed by atoms with E-state index in [1.54, 1.807) is 48.7 Å². The molecule has 3 aromatic rings. The Hall–Kier alpha value is -3.28. The fourth-order valence-electron chi connectivity index (χ4n) is 2.79. The lowest BCUT2D eigenvalue weighted by atomic mass is 10.0. The standard InChI is InChI=1S/C18H14N2O4/c21-13-5-1-4-12(10-13)15-11-14(16-6-2-8-23-16)19-20(15)18(22)17-7-3-9-24-17/h1-10,15,21H,11H2. The fraction of sp³-hybridized carbons (Fsp3) is 0.111. The smallest absolute Gasteiger partial charge is 0.310 e. The highest BCUT2D eigenvalue weighted by Crippen LogP contribution is 2.35. The zero-order valence-corrected chi connectivity index (χ0v) is 12.6. The Morgan fingerprint density at radius 3 is 2.67 bits per heavy atom. The summed E-state index contributed by atoms with van der Waals surface area (Å²) in [6, 6.07) is 13.3. The van der Waals surface area contributed by atoms with Crippen molar-refractivity contribution in [2.45, 2.75) is 12.5 Å². The molecule has 0 bridgehead atoms. The molecule has 3 heterocycles. The largest absolute Gasteiger partial charge is 0.508 e. The van der Waals surface area contributed by atoms with Crippen molar-refractivity contribution >= 4 is 11.6 Å². The lowest BCUT2D eigenvalue weighted by molar-refractivity contribution is 0.0678. The third kappa shape index (κ3) is 2.48. The van der Waals surface area contributed by atoms with E-state index in [9.17, 15) is 9.90 Å². The zero-order valence-electron chi connectivity index (χ0n) is 12.6. The van der Waals surface area contributed by atoms with Gasteiger partial charge in [-0.25, -0.2) is 5.01 Å². The van der Waals surface area contributed by atoms with Crippen LogP contribution in [0.3, 0.4) is 0 Å². The van der Waals surface area contributed by atoms with E-state index in [1.165, 1.54) is 11.3 Å². The van der Waals surface area contributed by atoms with Crippen LogP contribution in [0.4, 0.5) is 0 Å². The van der Waals surface area contributed by atoms with E-state index in [0.29, 0.717) is 17.9 Å². The summed E-state index contributed by atoms with van der Waals surface area (Å²) >= 11 is 0. The van der Waals surface area contributed by atoms with Gasteiger partial charge in [-0.2, -0.15) is 5.10 Å². The first-order valence-corrected chi connectivity index (χ1v) is 7.50. The lowest BCUT2D eigenvalue weighted by Crippen LogP contribution is -2.26. The van der Waals surface area contributed by atoms with Gasteiger partial charge in [0.05, 0.1) is 18.6 Å². The van der Waals surface area contributed by atoms with Gasteiger partial charge >= 0.3 is 5.91 Å². The van der Waals surface area contributed by atoms with Gasteiger partial charge in [-0.05, 0) is 42.0 Å². The number of aromatic hydroxyl groups is 1. The number of nitrogens with zero attached hydrogens (tertiary/aromatic N) is 2. The van der Waals surface area contributed by atoms with Crippen LogP contribution in [0, 0.1) is 0 Å². The van der Waals surface area contributed by atoms with E-state index in [-0.39, 0.29) is 23.5 Å². The summed E-state index contributed by atoms with van der Waals surface area (Å²) in [7, 11) is 0. The van der Waals surface area contributed by atoms with Gasteiger partial charge in [0.2, 0.25) is 0 Å². The number of phenolic OH excluding ortho intramolecular Hbond substituents is 1. The zero-order chi connectivity index (χ0) is 16.5. The van der Waals surface area contributed by atoms with Gasteiger partial charge in [0.15, 0.2) is 5.76 Å². The van der Waals surface area contributed by atoms with Gasteiger partial charge in [-0.3, -0.25) is 4.79 Å². The fourth-order valence-corrected chi connectivity index (χ4v) is 2.79. The summed E-state index contributed by atoms with van der Waals surface area (Å²) < 4.78 is 10.6. The molecule has 1 amide bonds. The third-order valence-electron chi connectivity index (χ3n) is 3.91. The minimum Gasteiger partial charge on any atom is -0.508 e. The summed E-state index contributed by atoms with van der Waals surface area (Å²) in [4.78, 5) is 12.7. The number of hydrazone groups is 1. The topological polar surface area (TPSA) is 79.2 Å². The number of rotatable bonds is 3. The first kappa shape index (κ1) is 14.3. The first-order valence-electron chi connectivity index (χ1n) is 7.50. The average molecular weight is 322 g/mol. The Morgan fingerprint density at radius 1 is 1.12 bits per heavy atom. The molecule has 4 rings (SSSR count). The first-order chi connectivity index (χ1) is 11.7. The normalized spacial score (nSPS) is 17.1. The SMILES string of the molecule is O=C(c1ccco1)N1N=C(c2ccco2)CC1c1cccc(O)c1. The number of carbonyl (C=O) groups excluding carboxylic acids is 1. The molecular formula is C18H14N2O4. The maximum absolute atomic E-state index is 12.7. The maximum Gasteiger partial charge on any atom is 0.310 e. The molecule has 1 aliphatic rings. The number of phenols is 1. The predicted octanol–water partition coefficient (Wildman–Crippen LogP) is 3.57. The summed E-state index contributed by atoms with van der Waals surface area (Å²) in [5.41, 5.74) is 1.47. The molecule has 0 fully saturated rings. The molecule has 120 valence electrons. The summed E-state index contributed by atoms with van der Waals surface area (Å²) in [5.74, 6) is 0.638.